The van der Waals surface area contributed by atoms with Crippen LogP contribution in [0.2, 0.25) is 0 Å². The van der Waals surface area contributed by atoms with Gasteiger partial charge in [-0.15, -0.1) is 0 Å². The summed E-state index contributed by atoms with van der Waals surface area (Å²) in [6.07, 6.45) is 9.59. The summed E-state index contributed by atoms with van der Waals surface area (Å²) in [7, 11) is 3.00. The van der Waals surface area contributed by atoms with Gasteiger partial charge in [0.2, 0.25) is 0 Å². The molecule has 0 bridgehead atoms. The van der Waals surface area contributed by atoms with Gasteiger partial charge in [-0.25, -0.2) is 4.79 Å². The second-order valence-electron chi connectivity index (χ2n) is 6.21. The number of carbonyl (C=O) groups excluding carboxylic acids is 1. The van der Waals surface area contributed by atoms with Gasteiger partial charge in [-0.3, -0.25) is 4.98 Å². The van der Waals surface area contributed by atoms with E-state index in [4.69, 9.17) is 14.2 Å². The average molecular weight is 353 g/mol. The highest BCUT2D eigenvalue weighted by Gasteiger charge is 2.19. The first-order valence-electron chi connectivity index (χ1n) is 8.76. The molecule has 0 amide bonds. The fourth-order valence-corrected chi connectivity index (χ4v) is 3.16. The van der Waals surface area contributed by atoms with Crippen molar-refractivity contribution in [2.24, 2.45) is 0 Å². The van der Waals surface area contributed by atoms with Crippen molar-refractivity contribution in [3.8, 4) is 11.5 Å². The fourth-order valence-electron chi connectivity index (χ4n) is 3.16. The maximum atomic E-state index is 11.9. The highest BCUT2D eigenvalue weighted by atomic mass is 16.5. The van der Waals surface area contributed by atoms with E-state index in [9.17, 15) is 4.79 Å². The van der Waals surface area contributed by atoms with Crippen LogP contribution in [0, 0.1) is 0 Å². The fraction of sp³-hybridized carbons (Fsp3) is 0.333. The van der Waals surface area contributed by atoms with Crippen molar-refractivity contribution in [3.05, 3.63) is 59.9 Å². The Hall–Kier alpha value is -2.82. The molecule has 0 spiro atoms. The van der Waals surface area contributed by atoms with E-state index >= 15 is 0 Å². The Kier molecular flexibility index (Phi) is 5.89. The maximum absolute atomic E-state index is 11.9. The van der Waals surface area contributed by atoms with Gasteiger partial charge in [-0.1, -0.05) is 6.07 Å². The summed E-state index contributed by atoms with van der Waals surface area (Å²) in [4.78, 5) is 15.9. The van der Waals surface area contributed by atoms with Crippen molar-refractivity contribution in [3.63, 3.8) is 0 Å². The van der Waals surface area contributed by atoms with Crippen molar-refractivity contribution in [1.82, 2.24) is 4.98 Å². The van der Waals surface area contributed by atoms with E-state index in [0.29, 0.717) is 11.5 Å². The Balaban J connectivity index is 2.00. The molecule has 136 valence electrons. The summed E-state index contributed by atoms with van der Waals surface area (Å²) < 4.78 is 16.4. The molecule has 0 unspecified atom stereocenters. The van der Waals surface area contributed by atoms with Crippen molar-refractivity contribution in [1.29, 1.82) is 0 Å². The summed E-state index contributed by atoms with van der Waals surface area (Å²) in [5.41, 5.74) is 2.48. The Morgan fingerprint density at radius 1 is 1.04 bits per heavy atom. The first-order valence-corrected chi connectivity index (χ1v) is 8.76. The minimum Gasteiger partial charge on any atom is -0.493 e. The number of hydrogen-bond acceptors (Lipinski definition) is 5. The predicted octanol–water partition coefficient (Wildman–Crippen LogP) is 4.02. The molecule has 5 heteroatoms. The molecule has 1 aliphatic rings. The normalized spacial score (nSPS) is 14.9. The lowest BCUT2D eigenvalue weighted by molar-refractivity contribution is -0.134. The minimum atomic E-state index is -0.411. The zero-order chi connectivity index (χ0) is 18.4. The smallest absolute Gasteiger partial charge is 0.331 e. The van der Waals surface area contributed by atoms with Crippen molar-refractivity contribution in [2.45, 2.75) is 31.8 Å². The van der Waals surface area contributed by atoms with E-state index in [-0.39, 0.29) is 6.10 Å². The number of carbonyl (C=O) groups is 1. The Bertz CT molecular complexity index is 780. The quantitative estimate of drug-likeness (QED) is 0.580. The SMILES string of the molecule is COC(=O)/C=C(\c1ccncc1)c1ccc(OC)c(OC2CCCC2)c1. The van der Waals surface area contributed by atoms with Gasteiger partial charge in [0.15, 0.2) is 11.5 Å². The molecule has 0 N–H and O–H groups in total. The zero-order valence-electron chi connectivity index (χ0n) is 15.1. The summed E-state index contributed by atoms with van der Waals surface area (Å²) in [6.45, 7) is 0. The highest BCUT2D eigenvalue weighted by Crippen LogP contribution is 2.35. The van der Waals surface area contributed by atoms with Crippen LogP contribution >= 0.6 is 0 Å². The number of pyridine rings is 1. The van der Waals surface area contributed by atoms with Gasteiger partial charge < -0.3 is 14.2 Å². The number of esters is 1. The molecule has 1 aromatic carbocycles. The third-order valence-corrected chi connectivity index (χ3v) is 4.53. The summed E-state index contributed by atoms with van der Waals surface area (Å²) >= 11 is 0. The Labute approximate surface area is 153 Å². The summed E-state index contributed by atoms with van der Waals surface area (Å²) in [5.74, 6) is 0.973. The van der Waals surface area contributed by atoms with Crippen LogP contribution in [0.25, 0.3) is 5.57 Å². The van der Waals surface area contributed by atoms with E-state index in [1.54, 1.807) is 19.5 Å². The van der Waals surface area contributed by atoms with Crippen LogP contribution in [-0.2, 0) is 9.53 Å². The molecule has 5 nitrogen and oxygen atoms in total. The van der Waals surface area contributed by atoms with Crippen molar-refractivity contribution < 1.29 is 19.0 Å². The van der Waals surface area contributed by atoms with Gasteiger partial charge in [0.25, 0.3) is 0 Å². The van der Waals surface area contributed by atoms with E-state index in [1.807, 2.05) is 30.3 Å². The lowest BCUT2D eigenvalue weighted by atomic mass is 9.98. The molecule has 1 saturated carbocycles. The second-order valence-corrected chi connectivity index (χ2v) is 6.21. The first-order chi connectivity index (χ1) is 12.7. The van der Waals surface area contributed by atoms with Crippen LogP contribution in [0.15, 0.2) is 48.8 Å². The number of methoxy groups -OCH3 is 2. The van der Waals surface area contributed by atoms with Crippen molar-refractivity contribution in [2.75, 3.05) is 14.2 Å². The van der Waals surface area contributed by atoms with Crippen LogP contribution in [0.1, 0.15) is 36.8 Å². The largest absolute Gasteiger partial charge is 0.493 e. The third kappa shape index (κ3) is 4.23. The average Bonchev–Trinajstić information content (AvgIpc) is 3.19. The van der Waals surface area contributed by atoms with Crippen LogP contribution in [0.3, 0.4) is 0 Å². The van der Waals surface area contributed by atoms with Crippen LogP contribution < -0.4 is 9.47 Å². The molecule has 1 fully saturated rings. The molecular formula is C21H23NO4. The molecule has 1 heterocycles. The lowest BCUT2D eigenvalue weighted by Gasteiger charge is -2.18. The first kappa shape index (κ1) is 18.0. The standard InChI is InChI=1S/C21H23NO4/c1-24-19-8-7-16(13-20(19)26-17-5-3-4-6-17)18(14-21(23)25-2)15-9-11-22-12-10-15/h7-14,17H,3-6H2,1-2H3/b18-14+. The summed E-state index contributed by atoms with van der Waals surface area (Å²) in [5, 5.41) is 0. The number of rotatable bonds is 6. The monoisotopic (exact) mass is 353 g/mol. The molecule has 0 saturated heterocycles. The van der Waals surface area contributed by atoms with Crippen LogP contribution in [0.5, 0.6) is 11.5 Å². The second kappa shape index (κ2) is 8.52. The number of nitrogens with zero attached hydrogens (tertiary/aromatic N) is 1. The van der Waals surface area contributed by atoms with Crippen molar-refractivity contribution >= 4 is 11.5 Å². The number of aromatic nitrogens is 1. The molecule has 1 aromatic heterocycles. The number of benzene rings is 1. The predicted molar refractivity (Wildman–Crippen MR) is 99.2 cm³/mol. The van der Waals surface area contributed by atoms with E-state index < -0.39 is 5.97 Å². The van der Waals surface area contributed by atoms with Gasteiger partial charge in [0.1, 0.15) is 0 Å². The van der Waals surface area contributed by atoms with Gasteiger partial charge >= 0.3 is 5.97 Å². The maximum Gasteiger partial charge on any atom is 0.331 e. The van der Waals surface area contributed by atoms with Crippen LogP contribution in [0.4, 0.5) is 0 Å². The zero-order valence-corrected chi connectivity index (χ0v) is 15.1. The molecule has 1 aliphatic carbocycles. The molecule has 0 aliphatic heterocycles. The molecule has 2 aromatic rings. The highest BCUT2D eigenvalue weighted by molar-refractivity contribution is 5.96. The molecule has 26 heavy (non-hydrogen) atoms. The summed E-state index contributed by atoms with van der Waals surface area (Å²) in [6, 6.07) is 9.42. The number of ether oxygens (including phenoxy) is 3. The molecule has 3 rings (SSSR count). The third-order valence-electron chi connectivity index (χ3n) is 4.53. The lowest BCUT2D eigenvalue weighted by Crippen LogP contribution is -2.11. The topological polar surface area (TPSA) is 57.7 Å². The number of hydrogen-bond donors (Lipinski definition) is 0. The van der Waals surface area contributed by atoms with Gasteiger partial charge in [0, 0.05) is 18.5 Å². The van der Waals surface area contributed by atoms with Gasteiger partial charge in [-0.2, -0.15) is 0 Å². The molecular weight excluding hydrogens is 330 g/mol. The van der Waals surface area contributed by atoms with Crippen LogP contribution in [-0.4, -0.2) is 31.3 Å². The van der Waals surface area contributed by atoms with Gasteiger partial charge in [-0.05, 0) is 66.6 Å². The molecule has 0 atom stereocenters. The molecule has 0 radical (unpaired) electrons. The van der Waals surface area contributed by atoms with E-state index in [1.165, 1.54) is 26.0 Å². The van der Waals surface area contributed by atoms with Gasteiger partial charge in [0.05, 0.1) is 20.3 Å². The van der Waals surface area contributed by atoms with E-state index in [2.05, 4.69) is 4.98 Å². The van der Waals surface area contributed by atoms with E-state index in [0.717, 1.165) is 29.5 Å². The minimum absolute atomic E-state index is 0.216. The Morgan fingerprint density at radius 2 is 1.77 bits per heavy atom. The Morgan fingerprint density at radius 3 is 2.42 bits per heavy atom.